The van der Waals surface area contributed by atoms with E-state index in [9.17, 15) is 4.79 Å². The van der Waals surface area contributed by atoms with Crippen molar-refractivity contribution in [2.24, 2.45) is 5.92 Å². The lowest BCUT2D eigenvalue weighted by Gasteiger charge is -2.32. The first-order valence-electron chi connectivity index (χ1n) is 8.55. The smallest absolute Gasteiger partial charge is 0.223 e. The van der Waals surface area contributed by atoms with Crippen LogP contribution >= 0.6 is 11.3 Å². The van der Waals surface area contributed by atoms with Gasteiger partial charge in [0.1, 0.15) is 5.75 Å². The Bertz CT molecular complexity index is 719. The highest BCUT2D eigenvalue weighted by Crippen LogP contribution is 2.25. The molecule has 2 aromatic heterocycles. The molecule has 2 aromatic rings. The Morgan fingerprint density at radius 1 is 1.44 bits per heavy atom. The topological polar surface area (TPSA) is 67.3 Å². The number of carbonyl (C=O) groups excluding carboxylic acids is 1. The molecule has 3 heterocycles. The molecule has 0 bridgehead atoms. The molecule has 25 heavy (non-hydrogen) atoms. The Balaban J connectivity index is 1.55. The molecule has 1 aliphatic rings. The summed E-state index contributed by atoms with van der Waals surface area (Å²) in [7, 11) is 1.67. The van der Waals surface area contributed by atoms with Crippen molar-refractivity contribution < 1.29 is 9.53 Å². The number of hydrogen-bond donors (Lipinski definition) is 1. The van der Waals surface area contributed by atoms with E-state index in [-0.39, 0.29) is 5.91 Å². The summed E-state index contributed by atoms with van der Waals surface area (Å²) in [5.74, 6) is 1.37. The van der Waals surface area contributed by atoms with Crippen LogP contribution in [0.5, 0.6) is 5.75 Å². The molecule has 3 rings (SSSR count). The minimum atomic E-state index is -0.0779. The van der Waals surface area contributed by atoms with Crippen molar-refractivity contribution in [1.82, 2.24) is 14.9 Å². The normalized spacial score (nSPS) is 18.1. The Labute approximate surface area is 152 Å². The number of aromatic nitrogens is 2. The third-order valence-corrected chi connectivity index (χ3v) is 5.25. The molecular formula is C18H24N4O2S. The first-order chi connectivity index (χ1) is 12.1. The molecule has 1 unspecified atom stereocenters. The molecule has 0 saturated carbocycles. The van der Waals surface area contributed by atoms with E-state index in [4.69, 9.17) is 4.74 Å². The molecule has 0 radical (unpaired) electrons. The summed E-state index contributed by atoms with van der Waals surface area (Å²) in [6.07, 6.45) is 9.02. The molecule has 134 valence electrons. The number of amides is 1. The summed E-state index contributed by atoms with van der Waals surface area (Å²) in [5, 5.41) is 3.43. The molecule has 7 heteroatoms. The summed E-state index contributed by atoms with van der Waals surface area (Å²) >= 11 is 1.55. The minimum Gasteiger partial charge on any atom is -0.495 e. The zero-order valence-corrected chi connectivity index (χ0v) is 15.5. The van der Waals surface area contributed by atoms with E-state index < -0.39 is 0 Å². The molecule has 0 spiro atoms. The SMILES string of the molecule is COc1cncc(CC2CCCN(Cc3cnc(NC(C)=O)s3)C2)c1. The van der Waals surface area contributed by atoms with Crippen molar-refractivity contribution >= 4 is 22.4 Å². The van der Waals surface area contributed by atoms with E-state index >= 15 is 0 Å². The van der Waals surface area contributed by atoms with Crippen LogP contribution in [-0.2, 0) is 17.8 Å². The number of nitrogens with one attached hydrogen (secondary N) is 1. The van der Waals surface area contributed by atoms with Crippen molar-refractivity contribution in [3.8, 4) is 5.75 Å². The van der Waals surface area contributed by atoms with E-state index in [0.717, 1.165) is 31.8 Å². The average molecular weight is 360 g/mol. The highest BCUT2D eigenvalue weighted by molar-refractivity contribution is 7.15. The van der Waals surface area contributed by atoms with Crippen LogP contribution in [0, 0.1) is 5.92 Å². The van der Waals surface area contributed by atoms with Gasteiger partial charge in [-0.2, -0.15) is 0 Å². The minimum absolute atomic E-state index is 0.0779. The van der Waals surface area contributed by atoms with Gasteiger partial charge in [0.25, 0.3) is 0 Å². The fourth-order valence-electron chi connectivity index (χ4n) is 3.29. The monoisotopic (exact) mass is 360 g/mol. The fourth-order valence-corrected chi connectivity index (χ4v) is 4.19. The average Bonchev–Trinajstić information content (AvgIpc) is 3.01. The Hall–Kier alpha value is -1.99. The first-order valence-corrected chi connectivity index (χ1v) is 9.36. The lowest BCUT2D eigenvalue weighted by Crippen LogP contribution is -2.35. The van der Waals surface area contributed by atoms with Gasteiger partial charge in [0.15, 0.2) is 5.13 Å². The number of nitrogens with zero attached hydrogens (tertiary/aromatic N) is 3. The van der Waals surface area contributed by atoms with Crippen LogP contribution in [0.2, 0.25) is 0 Å². The second kappa shape index (κ2) is 8.40. The van der Waals surface area contributed by atoms with Gasteiger partial charge < -0.3 is 10.1 Å². The summed E-state index contributed by atoms with van der Waals surface area (Å²) in [5.41, 5.74) is 1.23. The zero-order valence-electron chi connectivity index (χ0n) is 14.7. The van der Waals surface area contributed by atoms with Crippen molar-refractivity contribution in [3.63, 3.8) is 0 Å². The number of piperidine rings is 1. The highest BCUT2D eigenvalue weighted by atomic mass is 32.1. The zero-order chi connectivity index (χ0) is 17.6. The molecule has 1 saturated heterocycles. The van der Waals surface area contributed by atoms with Crippen LogP contribution in [0.15, 0.2) is 24.7 Å². The second-order valence-electron chi connectivity index (χ2n) is 6.49. The molecular weight excluding hydrogens is 336 g/mol. The molecule has 1 amide bonds. The first kappa shape index (κ1) is 17.8. The molecule has 0 aliphatic carbocycles. The summed E-state index contributed by atoms with van der Waals surface area (Å²) in [4.78, 5) is 23.3. The van der Waals surface area contributed by atoms with Crippen LogP contribution in [0.3, 0.4) is 0 Å². The number of rotatable bonds is 6. The molecule has 1 N–H and O–H groups in total. The van der Waals surface area contributed by atoms with Crippen molar-refractivity contribution in [2.45, 2.75) is 32.7 Å². The number of carbonyl (C=O) groups is 1. The summed E-state index contributed by atoms with van der Waals surface area (Å²) < 4.78 is 5.27. The number of thiazole rings is 1. The van der Waals surface area contributed by atoms with Gasteiger partial charge in [-0.15, -0.1) is 11.3 Å². The summed E-state index contributed by atoms with van der Waals surface area (Å²) in [6, 6.07) is 2.08. The molecule has 0 aromatic carbocycles. The number of methoxy groups -OCH3 is 1. The van der Waals surface area contributed by atoms with Crippen LogP contribution in [-0.4, -0.2) is 41.0 Å². The Morgan fingerprint density at radius 2 is 2.32 bits per heavy atom. The van der Waals surface area contributed by atoms with Gasteiger partial charge in [0.05, 0.1) is 13.3 Å². The van der Waals surface area contributed by atoms with Crippen LogP contribution in [0.25, 0.3) is 0 Å². The van der Waals surface area contributed by atoms with Gasteiger partial charge >= 0.3 is 0 Å². The fraction of sp³-hybridized carbons (Fsp3) is 0.500. The Morgan fingerprint density at radius 3 is 3.12 bits per heavy atom. The molecule has 1 aliphatic heterocycles. The lowest BCUT2D eigenvalue weighted by molar-refractivity contribution is -0.114. The number of hydrogen-bond acceptors (Lipinski definition) is 6. The standard InChI is InChI=1S/C18H24N4O2S/c1-13(23)21-18-20-10-17(25-18)12-22-5-3-4-14(11-22)6-15-7-16(24-2)9-19-8-15/h7-10,14H,3-6,11-12H2,1-2H3,(H,20,21,23). The van der Waals surface area contributed by atoms with Crippen LogP contribution in [0.4, 0.5) is 5.13 Å². The van der Waals surface area contributed by atoms with E-state index in [2.05, 4.69) is 26.3 Å². The maximum Gasteiger partial charge on any atom is 0.223 e. The maximum atomic E-state index is 11.1. The largest absolute Gasteiger partial charge is 0.495 e. The number of ether oxygens (including phenoxy) is 1. The van der Waals surface area contributed by atoms with E-state index in [1.807, 2.05) is 12.4 Å². The molecule has 6 nitrogen and oxygen atoms in total. The van der Waals surface area contributed by atoms with Gasteiger partial charge in [-0.3, -0.25) is 14.7 Å². The van der Waals surface area contributed by atoms with E-state index in [0.29, 0.717) is 11.0 Å². The van der Waals surface area contributed by atoms with Gasteiger partial charge in [-0.05, 0) is 43.4 Å². The third-order valence-electron chi connectivity index (χ3n) is 4.35. The van der Waals surface area contributed by atoms with E-state index in [1.54, 1.807) is 24.6 Å². The lowest BCUT2D eigenvalue weighted by atomic mass is 9.92. The summed E-state index contributed by atoms with van der Waals surface area (Å²) in [6.45, 7) is 4.58. The van der Waals surface area contributed by atoms with Crippen molar-refractivity contribution in [3.05, 3.63) is 35.1 Å². The predicted octanol–water partition coefficient (Wildman–Crippen LogP) is 2.96. The van der Waals surface area contributed by atoms with Crippen LogP contribution in [0.1, 0.15) is 30.2 Å². The van der Waals surface area contributed by atoms with Crippen molar-refractivity contribution in [2.75, 3.05) is 25.5 Å². The third kappa shape index (κ3) is 5.24. The quantitative estimate of drug-likeness (QED) is 0.858. The Kier molecular flexibility index (Phi) is 5.99. The predicted molar refractivity (Wildman–Crippen MR) is 98.9 cm³/mol. The van der Waals surface area contributed by atoms with Gasteiger partial charge in [-0.25, -0.2) is 4.98 Å². The number of pyridine rings is 1. The van der Waals surface area contributed by atoms with Gasteiger partial charge in [-0.1, -0.05) is 0 Å². The van der Waals surface area contributed by atoms with E-state index in [1.165, 1.54) is 30.2 Å². The van der Waals surface area contributed by atoms with Gasteiger partial charge in [0.2, 0.25) is 5.91 Å². The molecule has 1 fully saturated rings. The number of likely N-dealkylation sites (tertiary alicyclic amines) is 1. The van der Waals surface area contributed by atoms with Crippen LogP contribution < -0.4 is 10.1 Å². The number of anilines is 1. The van der Waals surface area contributed by atoms with Crippen molar-refractivity contribution in [1.29, 1.82) is 0 Å². The van der Waals surface area contributed by atoms with Gasteiger partial charge in [0, 0.05) is 37.3 Å². The second-order valence-corrected chi connectivity index (χ2v) is 7.61. The highest BCUT2D eigenvalue weighted by Gasteiger charge is 2.21. The molecule has 1 atom stereocenters. The maximum absolute atomic E-state index is 11.1.